The van der Waals surface area contributed by atoms with Crippen LogP contribution in [0.4, 0.5) is 5.69 Å². The number of carbonyl (C=O) groups excluding carboxylic acids is 1. The van der Waals surface area contributed by atoms with Crippen LogP contribution in [-0.4, -0.2) is 24.8 Å². The minimum Gasteiger partial charge on any atom is -0.483 e. The summed E-state index contributed by atoms with van der Waals surface area (Å²) in [6.07, 6.45) is 0.995. The predicted molar refractivity (Wildman–Crippen MR) is 95.5 cm³/mol. The van der Waals surface area contributed by atoms with Gasteiger partial charge in [-0.05, 0) is 49.8 Å². The van der Waals surface area contributed by atoms with Gasteiger partial charge in [-0.2, -0.15) is 0 Å². The molecule has 0 unspecified atom stereocenters. The highest BCUT2D eigenvalue weighted by molar-refractivity contribution is 7.99. The summed E-state index contributed by atoms with van der Waals surface area (Å²) in [4.78, 5) is 15.7. The van der Waals surface area contributed by atoms with Gasteiger partial charge >= 0.3 is 0 Å². The number of hydrogen-bond donors (Lipinski definition) is 0. The molecule has 1 aliphatic rings. The second kappa shape index (κ2) is 7.09. The van der Waals surface area contributed by atoms with E-state index in [-0.39, 0.29) is 12.5 Å². The standard InChI is InChI=1S/C19H21NO2S/c1-14-8-9-17(15(2)12-14)22-13-19(21)20-10-5-11-23-18-7-4-3-6-16(18)20/h3-4,6-9,12H,5,10-11,13H2,1-2H3. The lowest BCUT2D eigenvalue weighted by Crippen LogP contribution is -2.35. The number of carbonyl (C=O) groups is 1. The lowest BCUT2D eigenvalue weighted by Gasteiger charge is -2.22. The highest BCUT2D eigenvalue weighted by Gasteiger charge is 2.21. The average Bonchev–Trinajstić information content (AvgIpc) is 2.76. The Morgan fingerprint density at radius 2 is 2.04 bits per heavy atom. The summed E-state index contributed by atoms with van der Waals surface area (Å²) in [5.74, 6) is 1.83. The van der Waals surface area contributed by atoms with Crippen molar-refractivity contribution in [3.63, 3.8) is 0 Å². The smallest absolute Gasteiger partial charge is 0.264 e. The molecule has 4 heteroatoms. The van der Waals surface area contributed by atoms with Crippen molar-refractivity contribution in [2.45, 2.75) is 25.2 Å². The maximum Gasteiger partial charge on any atom is 0.264 e. The molecule has 0 saturated carbocycles. The number of rotatable bonds is 3. The number of hydrogen-bond acceptors (Lipinski definition) is 3. The van der Waals surface area contributed by atoms with Gasteiger partial charge < -0.3 is 9.64 Å². The van der Waals surface area contributed by atoms with Crippen LogP contribution in [0.25, 0.3) is 0 Å². The molecule has 0 radical (unpaired) electrons. The van der Waals surface area contributed by atoms with E-state index >= 15 is 0 Å². The minimum absolute atomic E-state index is 0.0138. The number of anilines is 1. The van der Waals surface area contributed by atoms with E-state index in [1.165, 1.54) is 10.5 Å². The molecule has 3 nitrogen and oxygen atoms in total. The monoisotopic (exact) mass is 327 g/mol. The third kappa shape index (κ3) is 3.70. The van der Waals surface area contributed by atoms with Gasteiger partial charge in [-0.3, -0.25) is 4.79 Å². The van der Waals surface area contributed by atoms with E-state index in [0.717, 1.165) is 35.7 Å². The molecular formula is C19H21NO2S. The van der Waals surface area contributed by atoms with Gasteiger partial charge in [0, 0.05) is 11.4 Å². The maximum absolute atomic E-state index is 12.7. The van der Waals surface area contributed by atoms with Gasteiger partial charge in [-0.15, -0.1) is 11.8 Å². The van der Waals surface area contributed by atoms with Crippen LogP contribution in [-0.2, 0) is 4.79 Å². The number of aryl methyl sites for hydroxylation is 2. The van der Waals surface area contributed by atoms with Gasteiger partial charge in [0.25, 0.3) is 5.91 Å². The summed E-state index contributed by atoms with van der Waals surface area (Å²) in [7, 11) is 0. The highest BCUT2D eigenvalue weighted by Crippen LogP contribution is 2.33. The Morgan fingerprint density at radius 1 is 1.22 bits per heavy atom. The van der Waals surface area contributed by atoms with Gasteiger partial charge in [-0.25, -0.2) is 0 Å². The van der Waals surface area contributed by atoms with Crippen LogP contribution in [0.1, 0.15) is 17.5 Å². The minimum atomic E-state index is 0.0138. The number of ether oxygens (including phenoxy) is 1. The fourth-order valence-electron chi connectivity index (χ4n) is 2.77. The maximum atomic E-state index is 12.7. The summed E-state index contributed by atoms with van der Waals surface area (Å²) in [5, 5.41) is 0. The molecule has 2 aromatic rings. The third-order valence-electron chi connectivity index (χ3n) is 3.92. The molecule has 1 amide bonds. The van der Waals surface area contributed by atoms with E-state index in [1.54, 1.807) is 0 Å². The van der Waals surface area contributed by atoms with Crippen LogP contribution in [0.15, 0.2) is 47.4 Å². The fraction of sp³-hybridized carbons (Fsp3) is 0.316. The summed E-state index contributed by atoms with van der Waals surface area (Å²) in [6.45, 7) is 4.88. The van der Waals surface area contributed by atoms with Gasteiger partial charge in [0.1, 0.15) is 5.75 Å². The Bertz CT molecular complexity index is 714. The Labute approximate surface area is 141 Å². The van der Waals surface area contributed by atoms with Crippen molar-refractivity contribution >= 4 is 23.4 Å². The first-order chi connectivity index (χ1) is 11.1. The zero-order valence-electron chi connectivity index (χ0n) is 13.5. The first-order valence-electron chi connectivity index (χ1n) is 7.87. The van der Waals surface area contributed by atoms with Crippen molar-refractivity contribution in [3.8, 4) is 5.75 Å². The van der Waals surface area contributed by atoms with Crippen LogP contribution in [0.5, 0.6) is 5.75 Å². The van der Waals surface area contributed by atoms with Crippen LogP contribution < -0.4 is 9.64 Å². The molecule has 0 atom stereocenters. The SMILES string of the molecule is Cc1ccc(OCC(=O)N2CCCSc3ccccc32)c(C)c1. The number of amides is 1. The number of benzene rings is 2. The van der Waals surface area contributed by atoms with Gasteiger partial charge in [-0.1, -0.05) is 29.8 Å². The molecule has 1 heterocycles. The van der Waals surface area contributed by atoms with E-state index < -0.39 is 0 Å². The van der Waals surface area contributed by atoms with Crippen LogP contribution in [0, 0.1) is 13.8 Å². The first-order valence-corrected chi connectivity index (χ1v) is 8.86. The average molecular weight is 327 g/mol. The molecule has 0 saturated heterocycles. The first kappa shape index (κ1) is 15.9. The van der Waals surface area contributed by atoms with E-state index in [1.807, 2.05) is 60.8 Å². The van der Waals surface area contributed by atoms with E-state index in [0.29, 0.717) is 0 Å². The predicted octanol–water partition coefficient (Wildman–Crippen LogP) is 4.21. The lowest BCUT2D eigenvalue weighted by atomic mass is 10.1. The van der Waals surface area contributed by atoms with Gasteiger partial charge in [0.2, 0.25) is 0 Å². The molecule has 2 aromatic carbocycles. The molecule has 0 N–H and O–H groups in total. The Kier molecular flexibility index (Phi) is 4.91. The Morgan fingerprint density at radius 3 is 2.87 bits per heavy atom. The third-order valence-corrected chi connectivity index (χ3v) is 5.07. The van der Waals surface area contributed by atoms with Crippen LogP contribution in [0.3, 0.4) is 0 Å². The number of fused-ring (bicyclic) bond motifs is 1. The molecule has 120 valence electrons. The fourth-order valence-corrected chi connectivity index (χ4v) is 3.76. The Balaban J connectivity index is 1.73. The normalized spacial score (nSPS) is 14.1. The topological polar surface area (TPSA) is 29.5 Å². The molecule has 0 spiro atoms. The number of thioether (sulfide) groups is 1. The number of para-hydroxylation sites is 1. The van der Waals surface area contributed by atoms with Crippen LogP contribution >= 0.6 is 11.8 Å². The lowest BCUT2D eigenvalue weighted by molar-refractivity contribution is -0.120. The molecule has 23 heavy (non-hydrogen) atoms. The molecule has 0 fully saturated rings. The van der Waals surface area contributed by atoms with Gasteiger partial charge in [0.05, 0.1) is 5.69 Å². The van der Waals surface area contributed by atoms with E-state index in [9.17, 15) is 4.79 Å². The zero-order valence-corrected chi connectivity index (χ0v) is 14.4. The molecule has 0 bridgehead atoms. The number of nitrogens with zero attached hydrogens (tertiary/aromatic N) is 1. The van der Waals surface area contributed by atoms with Crippen molar-refractivity contribution in [3.05, 3.63) is 53.6 Å². The molecule has 1 aliphatic heterocycles. The molecule has 0 aliphatic carbocycles. The molecule has 3 rings (SSSR count). The quantitative estimate of drug-likeness (QED) is 0.846. The van der Waals surface area contributed by atoms with E-state index in [2.05, 4.69) is 12.1 Å². The van der Waals surface area contributed by atoms with Crippen molar-refractivity contribution in [1.82, 2.24) is 0 Å². The van der Waals surface area contributed by atoms with E-state index in [4.69, 9.17) is 4.74 Å². The van der Waals surface area contributed by atoms with Crippen LogP contribution in [0.2, 0.25) is 0 Å². The summed E-state index contributed by atoms with van der Waals surface area (Å²) < 4.78 is 5.76. The highest BCUT2D eigenvalue weighted by atomic mass is 32.2. The zero-order chi connectivity index (χ0) is 16.2. The van der Waals surface area contributed by atoms with Crippen molar-refractivity contribution in [1.29, 1.82) is 0 Å². The summed E-state index contributed by atoms with van der Waals surface area (Å²) >= 11 is 1.81. The van der Waals surface area contributed by atoms with Crippen molar-refractivity contribution in [2.75, 3.05) is 23.8 Å². The van der Waals surface area contributed by atoms with Crippen molar-refractivity contribution < 1.29 is 9.53 Å². The summed E-state index contributed by atoms with van der Waals surface area (Å²) in [6, 6.07) is 14.1. The second-order valence-electron chi connectivity index (χ2n) is 5.77. The molecular weight excluding hydrogens is 306 g/mol. The van der Waals surface area contributed by atoms with Gasteiger partial charge in [0.15, 0.2) is 6.61 Å². The van der Waals surface area contributed by atoms with Crippen molar-refractivity contribution in [2.24, 2.45) is 0 Å². The molecule has 0 aromatic heterocycles. The Hall–Kier alpha value is -1.94. The second-order valence-corrected chi connectivity index (χ2v) is 6.91. The largest absolute Gasteiger partial charge is 0.483 e. The summed E-state index contributed by atoms with van der Waals surface area (Å²) in [5.41, 5.74) is 3.26.